The zero-order valence-electron chi connectivity index (χ0n) is 22.5. The number of carbonyl (C=O) groups excluding carboxylic acids is 2. The molecule has 0 saturated carbocycles. The van der Waals surface area contributed by atoms with Gasteiger partial charge in [0.05, 0.1) is 0 Å². The first kappa shape index (κ1) is 31.5. The Morgan fingerprint density at radius 1 is 0.718 bits per heavy atom. The van der Waals surface area contributed by atoms with Crippen LogP contribution in [0.5, 0.6) is 11.5 Å². The largest absolute Gasteiger partial charge is 0.490 e. The summed E-state index contributed by atoms with van der Waals surface area (Å²) in [5, 5.41) is 20.4. The van der Waals surface area contributed by atoms with Gasteiger partial charge in [0.15, 0.2) is 0 Å². The van der Waals surface area contributed by atoms with Crippen LogP contribution in [-0.4, -0.2) is 60.8 Å². The quantitative estimate of drug-likeness (QED) is 0.172. The number of benzene rings is 2. The Morgan fingerprint density at radius 2 is 1.10 bits per heavy atom. The van der Waals surface area contributed by atoms with Crippen LogP contribution < -0.4 is 9.47 Å². The van der Waals surface area contributed by atoms with Crippen LogP contribution in [0.25, 0.3) is 0 Å². The number of hydrogen-bond donors (Lipinski definition) is 2. The Balaban J connectivity index is 2.04. The van der Waals surface area contributed by atoms with E-state index in [4.69, 9.17) is 19.2 Å². The summed E-state index contributed by atoms with van der Waals surface area (Å²) < 4.78 is 11.8. The molecule has 2 aromatic rings. The van der Waals surface area contributed by atoms with Crippen molar-refractivity contribution >= 4 is 11.9 Å². The number of hydrogen-bond acceptors (Lipinski definition) is 10. The van der Waals surface area contributed by atoms with E-state index in [1.807, 2.05) is 43.3 Å². The van der Waals surface area contributed by atoms with Gasteiger partial charge in [-0.05, 0) is 32.4 Å². The minimum absolute atomic E-state index is 0.0988. The number of rotatable bonds is 17. The first-order valence-electron chi connectivity index (χ1n) is 12.4. The van der Waals surface area contributed by atoms with Crippen LogP contribution in [0.4, 0.5) is 0 Å². The zero-order chi connectivity index (χ0) is 28.8. The third kappa shape index (κ3) is 10.5. The number of para-hydroxylation sites is 2. The molecule has 2 N–H and O–H groups in total. The van der Waals surface area contributed by atoms with E-state index >= 15 is 0 Å². The van der Waals surface area contributed by atoms with Crippen molar-refractivity contribution in [2.45, 2.75) is 45.3 Å². The third-order valence-electron chi connectivity index (χ3n) is 5.35. The monoisotopic (exact) mass is 544 g/mol. The average molecular weight is 545 g/mol. The molecular weight excluding hydrogens is 508 g/mol. The molecule has 0 aliphatic heterocycles. The van der Waals surface area contributed by atoms with Gasteiger partial charge >= 0.3 is 11.9 Å². The van der Waals surface area contributed by atoms with Crippen LogP contribution >= 0.6 is 0 Å². The lowest BCUT2D eigenvalue weighted by Crippen LogP contribution is -2.25. The van der Waals surface area contributed by atoms with Crippen LogP contribution in [0.1, 0.15) is 44.2 Å². The predicted octanol–water partition coefficient (Wildman–Crippen LogP) is 3.81. The average Bonchev–Trinajstić information content (AvgIpc) is 2.92. The van der Waals surface area contributed by atoms with Gasteiger partial charge in [-0.3, -0.25) is 9.78 Å². The van der Waals surface area contributed by atoms with E-state index in [9.17, 15) is 19.8 Å². The van der Waals surface area contributed by atoms with Gasteiger partial charge in [-0.15, -0.1) is 0 Å². The molecule has 2 aromatic carbocycles. The van der Waals surface area contributed by atoms with E-state index in [1.165, 1.54) is 13.8 Å². The number of ether oxygens (including phenoxy) is 2. The van der Waals surface area contributed by atoms with Gasteiger partial charge < -0.3 is 19.7 Å². The molecule has 212 valence electrons. The maximum atomic E-state index is 11.4. The minimum Gasteiger partial charge on any atom is -0.490 e. The highest BCUT2D eigenvalue weighted by Crippen LogP contribution is 2.38. The Bertz CT molecular complexity index is 1030. The molecule has 10 heteroatoms. The molecule has 0 saturated heterocycles. The van der Waals surface area contributed by atoms with Crippen molar-refractivity contribution in [3.8, 4) is 11.5 Å². The number of aliphatic hydroxyl groups excluding tert-OH is 2. The van der Waals surface area contributed by atoms with Gasteiger partial charge in [0, 0.05) is 28.2 Å². The molecule has 0 heterocycles. The van der Waals surface area contributed by atoms with Crippen molar-refractivity contribution < 1.29 is 48.8 Å². The fourth-order valence-electron chi connectivity index (χ4n) is 3.35. The van der Waals surface area contributed by atoms with Crippen molar-refractivity contribution in [3.63, 3.8) is 0 Å². The van der Waals surface area contributed by atoms with Gasteiger partial charge in [-0.25, -0.2) is 9.59 Å². The molecule has 0 spiro atoms. The van der Waals surface area contributed by atoms with Gasteiger partial charge in [-0.1, -0.05) is 56.5 Å². The molecule has 2 atom stereocenters. The number of carbonyl (C=O) groups is 2. The molecule has 10 nitrogen and oxygen atoms in total. The Labute approximate surface area is 228 Å². The summed E-state index contributed by atoms with van der Waals surface area (Å²) in [6, 6.07) is 14.9. The fraction of sp³-hybridized carbons (Fsp3) is 0.379. The molecular formula is C29H36O10. The van der Waals surface area contributed by atoms with E-state index in [-0.39, 0.29) is 43.5 Å². The number of aliphatic hydroxyl groups is 2. The first-order valence-corrected chi connectivity index (χ1v) is 12.4. The molecule has 39 heavy (non-hydrogen) atoms. The van der Waals surface area contributed by atoms with Crippen molar-refractivity contribution in [3.05, 3.63) is 84.0 Å². The predicted molar refractivity (Wildman–Crippen MR) is 142 cm³/mol. The summed E-state index contributed by atoms with van der Waals surface area (Å²) in [5.74, 6) is -0.445. The zero-order valence-corrected chi connectivity index (χ0v) is 22.5. The molecule has 0 bridgehead atoms. The minimum atomic E-state index is -1.05. The van der Waals surface area contributed by atoms with E-state index in [1.54, 1.807) is 12.1 Å². The van der Waals surface area contributed by atoms with Crippen LogP contribution in [0.3, 0.4) is 0 Å². The lowest BCUT2D eigenvalue weighted by molar-refractivity contribution is -0.279. The van der Waals surface area contributed by atoms with Gasteiger partial charge in [-0.2, -0.15) is 9.78 Å². The Hall–Kier alpha value is -3.70. The second-order valence-electron chi connectivity index (χ2n) is 8.84. The summed E-state index contributed by atoms with van der Waals surface area (Å²) in [7, 11) is 0. The second-order valence-corrected chi connectivity index (χ2v) is 8.84. The molecule has 0 radical (unpaired) electrons. The van der Waals surface area contributed by atoms with E-state index in [0.717, 1.165) is 11.1 Å². The van der Waals surface area contributed by atoms with Crippen LogP contribution in [0, 0.1) is 0 Å². The highest BCUT2D eigenvalue weighted by molar-refractivity contribution is 5.86. The molecule has 0 fully saturated rings. The maximum Gasteiger partial charge on any atom is 0.368 e. The van der Waals surface area contributed by atoms with E-state index in [0.29, 0.717) is 17.9 Å². The third-order valence-corrected chi connectivity index (χ3v) is 5.35. The standard InChI is InChI=1S/C29H36O10/c1-6-23(24-11-7-9-13-26(24)34-15-21(30)17-36-38-28(32)19(2)3)25-12-8-10-14-27(25)35-16-22(31)18-37-39-29(33)20(4)5/h7-14,21-23,30-31H,2,4,6,15-18H2,1,3,5H3. The molecule has 2 rings (SSSR count). The van der Waals surface area contributed by atoms with E-state index < -0.39 is 24.1 Å². The van der Waals surface area contributed by atoms with Crippen LogP contribution in [-0.2, 0) is 29.1 Å². The molecule has 2 unspecified atom stereocenters. The highest BCUT2D eigenvalue weighted by atomic mass is 17.2. The molecule has 0 aliphatic carbocycles. The van der Waals surface area contributed by atoms with Crippen LogP contribution in [0.2, 0.25) is 0 Å². The smallest absolute Gasteiger partial charge is 0.368 e. The van der Waals surface area contributed by atoms with Crippen molar-refractivity contribution in [2.75, 3.05) is 26.4 Å². The summed E-state index contributed by atoms with van der Waals surface area (Å²) in [5.41, 5.74) is 2.09. The lowest BCUT2D eigenvalue weighted by atomic mass is 9.88. The van der Waals surface area contributed by atoms with Crippen LogP contribution in [0.15, 0.2) is 72.8 Å². The van der Waals surface area contributed by atoms with Gasteiger partial charge in [0.1, 0.15) is 50.1 Å². The molecule has 0 aromatic heterocycles. The van der Waals surface area contributed by atoms with E-state index in [2.05, 4.69) is 22.9 Å². The first-order chi connectivity index (χ1) is 18.6. The topological polar surface area (TPSA) is 130 Å². The van der Waals surface area contributed by atoms with Crippen molar-refractivity contribution in [2.24, 2.45) is 0 Å². The Kier molecular flexibility index (Phi) is 13.2. The lowest BCUT2D eigenvalue weighted by Gasteiger charge is -2.23. The van der Waals surface area contributed by atoms with Crippen molar-refractivity contribution in [1.29, 1.82) is 0 Å². The summed E-state index contributed by atoms with van der Waals surface area (Å²) in [4.78, 5) is 41.4. The maximum absolute atomic E-state index is 11.4. The SMILES string of the molecule is C=C(C)C(=O)OOCC(O)COc1ccccc1C(CC)c1ccccc1OCC(O)COOC(=O)C(=C)C. The van der Waals surface area contributed by atoms with Gasteiger partial charge in [0.25, 0.3) is 0 Å². The molecule has 0 amide bonds. The summed E-state index contributed by atoms with van der Waals surface area (Å²) >= 11 is 0. The summed E-state index contributed by atoms with van der Waals surface area (Å²) in [6.45, 7) is 11.1. The van der Waals surface area contributed by atoms with Gasteiger partial charge in [0.2, 0.25) is 0 Å². The highest BCUT2D eigenvalue weighted by Gasteiger charge is 2.22. The second kappa shape index (κ2) is 16.3. The fourth-order valence-corrected chi connectivity index (χ4v) is 3.35. The summed E-state index contributed by atoms with van der Waals surface area (Å²) in [6.07, 6.45) is -1.40. The van der Waals surface area contributed by atoms with Crippen molar-refractivity contribution in [1.82, 2.24) is 0 Å². The molecule has 0 aliphatic rings. The normalized spacial score (nSPS) is 13.1. The Morgan fingerprint density at radius 3 is 1.46 bits per heavy atom.